The Hall–Kier alpha value is -1.59. The molecule has 0 N–H and O–H groups in total. The highest BCUT2D eigenvalue weighted by Gasteiger charge is 2.32. The Kier molecular flexibility index (Phi) is 3.89. The number of aromatic nitrogens is 2. The van der Waals surface area contributed by atoms with Crippen molar-refractivity contribution in [3.63, 3.8) is 0 Å². The fourth-order valence-corrected chi connectivity index (χ4v) is 3.13. The van der Waals surface area contributed by atoms with Crippen molar-refractivity contribution in [2.45, 2.75) is 51.5 Å². The number of anilines is 1. The lowest BCUT2D eigenvalue weighted by Crippen LogP contribution is -2.48. The Morgan fingerprint density at radius 3 is 2.95 bits per heavy atom. The predicted octanol–water partition coefficient (Wildman–Crippen LogP) is 1.61. The first-order valence-corrected chi connectivity index (χ1v) is 7.64. The van der Waals surface area contributed by atoms with Gasteiger partial charge in [-0.3, -0.25) is 4.79 Å². The van der Waals surface area contributed by atoms with E-state index < -0.39 is 0 Å². The fourth-order valence-electron chi connectivity index (χ4n) is 3.13. The molecule has 1 aromatic rings. The molecule has 0 bridgehead atoms. The first-order valence-electron chi connectivity index (χ1n) is 7.64. The molecule has 2 fully saturated rings. The number of rotatable bonds is 4. The van der Waals surface area contributed by atoms with Gasteiger partial charge in [0.05, 0.1) is 0 Å². The number of piperidine rings is 1. The van der Waals surface area contributed by atoms with E-state index in [0.717, 1.165) is 51.7 Å². The van der Waals surface area contributed by atoms with Gasteiger partial charge >= 0.3 is 6.01 Å². The van der Waals surface area contributed by atoms with Crippen molar-refractivity contribution >= 4 is 11.9 Å². The van der Waals surface area contributed by atoms with Crippen LogP contribution in [0.1, 0.15) is 44.9 Å². The molecule has 110 valence electrons. The van der Waals surface area contributed by atoms with Crippen LogP contribution in [0.15, 0.2) is 4.42 Å². The molecule has 6 nitrogen and oxygen atoms in total. The maximum atomic E-state index is 11.9. The van der Waals surface area contributed by atoms with Crippen molar-refractivity contribution in [1.82, 2.24) is 15.1 Å². The smallest absolute Gasteiger partial charge is 0.318 e. The van der Waals surface area contributed by atoms with Gasteiger partial charge < -0.3 is 14.2 Å². The van der Waals surface area contributed by atoms with E-state index >= 15 is 0 Å². The van der Waals surface area contributed by atoms with Crippen LogP contribution in [0, 0.1) is 0 Å². The fraction of sp³-hybridized carbons (Fsp3) is 0.786. The van der Waals surface area contributed by atoms with Gasteiger partial charge in [-0.15, -0.1) is 5.10 Å². The lowest BCUT2D eigenvalue weighted by atomic mass is 10.0. The van der Waals surface area contributed by atoms with Gasteiger partial charge in [-0.2, -0.15) is 0 Å². The third-order valence-corrected chi connectivity index (χ3v) is 4.14. The summed E-state index contributed by atoms with van der Waals surface area (Å²) in [7, 11) is 0. The Balaban J connectivity index is 1.66. The average Bonchev–Trinajstić information content (AvgIpc) is 3.08. The van der Waals surface area contributed by atoms with E-state index in [1.165, 1.54) is 0 Å². The number of hydrogen-bond donors (Lipinski definition) is 0. The topological polar surface area (TPSA) is 62.5 Å². The number of carbonyl (C=O) groups excluding carboxylic acids is 1. The summed E-state index contributed by atoms with van der Waals surface area (Å²) in [6, 6.07) is 0.921. The molecule has 0 aliphatic carbocycles. The summed E-state index contributed by atoms with van der Waals surface area (Å²) in [6.07, 6.45) is 5.69. The van der Waals surface area contributed by atoms with Crippen molar-refractivity contribution in [2.24, 2.45) is 0 Å². The molecule has 1 amide bonds. The van der Waals surface area contributed by atoms with Gasteiger partial charge in [0.1, 0.15) is 0 Å². The van der Waals surface area contributed by atoms with E-state index in [4.69, 9.17) is 4.42 Å². The van der Waals surface area contributed by atoms with Crippen LogP contribution in [0.4, 0.5) is 6.01 Å². The largest absolute Gasteiger partial charge is 0.408 e. The standard InChI is InChI=1S/C14H22N4O2/c1-2-5-12-15-16-14(20-12)17-8-3-6-11(10-17)18-9-4-7-13(18)19/h11H,2-10H2,1H3/t11-/m1/s1. The second-order valence-electron chi connectivity index (χ2n) is 5.66. The van der Waals surface area contributed by atoms with E-state index in [1.807, 2.05) is 4.90 Å². The summed E-state index contributed by atoms with van der Waals surface area (Å²) in [5.74, 6) is 1.01. The molecular weight excluding hydrogens is 256 g/mol. The first kappa shape index (κ1) is 13.4. The predicted molar refractivity (Wildman–Crippen MR) is 74.5 cm³/mol. The number of hydrogen-bond acceptors (Lipinski definition) is 5. The second kappa shape index (κ2) is 5.81. The minimum absolute atomic E-state index is 0.300. The molecule has 1 aromatic heterocycles. The van der Waals surface area contributed by atoms with Crippen LogP contribution in [-0.4, -0.2) is 46.7 Å². The van der Waals surface area contributed by atoms with E-state index in [-0.39, 0.29) is 0 Å². The van der Waals surface area contributed by atoms with Crippen LogP contribution in [-0.2, 0) is 11.2 Å². The normalized spacial score (nSPS) is 23.6. The summed E-state index contributed by atoms with van der Waals surface area (Å²) in [5, 5.41) is 8.22. The molecule has 3 heterocycles. The van der Waals surface area contributed by atoms with Crippen molar-refractivity contribution in [3.05, 3.63) is 5.89 Å². The van der Waals surface area contributed by atoms with Gasteiger partial charge in [-0.1, -0.05) is 12.0 Å². The molecule has 3 rings (SSSR count). The van der Waals surface area contributed by atoms with Crippen LogP contribution >= 0.6 is 0 Å². The Labute approximate surface area is 119 Å². The second-order valence-corrected chi connectivity index (χ2v) is 5.66. The zero-order chi connectivity index (χ0) is 13.9. The van der Waals surface area contributed by atoms with Crippen LogP contribution in [0.3, 0.4) is 0 Å². The summed E-state index contributed by atoms with van der Waals surface area (Å²) >= 11 is 0. The molecule has 1 atom stereocenters. The highest BCUT2D eigenvalue weighted by atomic mass is 16.4. The summed E-state index contributed by atoms with van der Waals surface area (Å²) in [5.41, 5.74) is 0. The van der Waals surface area contributed by atoms with Crippen LogP contribution in [0.5, 0.6) is 0 Å². The first-order chi connectivity index (χ1) is 9.78. The third-order valence-electron chi connectivity index (χ3n) is 4.14. The highest BCUT2D eigenvalue weighted by Crippen LogP contribution is 2.24. The maximum absolute atomic E-state index is 11.9. The zero-order valence-corrected chi connectivity index (χ0v) is 12.0. The lowest BCUT2D eigenvalue weighted by Gasteiger charge is -2.36. The monoisotopic (exact) mass is 278 g/mol. The molecular formula is C14H22N4O2. The van der Waals surface area contributed by atoms with Gasteiger partial charge in [-0.05, 0) is 25.7 Å². The molecule has 0 aromatic carbocycles. The van der Waals surface area contributed by atoms with E-state index in [1.54, 1.807) is 0 Å². The SMILES string of the molecule is CCCc1nnc(N2CCC[C@@H](N3CCCC3=O)C2)o1. The number of likely N-dealkylation sites (tertiary alicyclic amines) is 1. The summed E-state index contributed by atoms with van der Waals surface area (Å²) in [4.78, 5) is 16.0. The van der Waals surface area contributed by atoms with Gasteiger partial charge in [0, 0.05) is 38.5 Å². The van der Waals surface area contributed by atoms with Gasteiger partial charge in [0.25, 0.3) is 0 Å². The molecule has 2 aliphatic heterocycles. The molecule has 0 saturated carbocycles. The number of nitrogens with zero attached hydrogens (tertiary/aromatic N) is 4. The number of aryl methyl sites for hydroxylation is 1. The van der Waals surface area contributed by atoms with Gasteiger partial charge in [0.2, 0.25) is 11.8 Å². The minimum atomic E-state index is 0.300. The van der Waals surface area contributed by atoms with E-state index in [0.29, 0.717) is 30.3 Å². The Morgan fingerprint density at radius 1 is 1.30 bits per heavy atom. The van der Waals surface area contributed by atoms with Crippen LogP contribution in [0.2, 0.25) is 0 Å². The van der Waals surface area contributed by atoms with Crippen molar-refractivity contribution in [1.29, 1.82) is 0 Å². The van der Waals surface area contributed by atoms with E-state index in [2.05, 4.69) is 22.0 Å². The molecule has 20 heavy (non-hydrogen) atoms. The lowest BCUT2D eigenvalue weighted by molar-refractivity contribution is -0.129. The average molecular weight is 278 g/mol. The summed E-state index contributed by atoms with van der Waals surface area (Å²) in [6.45, 7) is 4.76. The Bertz CT molecular complexity index is 473. The molecule has 0 radical (unpaired) electrons. The van der Waals surface area contributed by atoms with Crippen molar-refractivity contribution < 1.29 is 9.21 Å². The number of carbonyl (C=O) groups is 1. The number of amides is 1. The van der Waals surface area contributed by atoms with Crippen molar-refractivity contribution in [2.75, 3.05) is 24.5 Å². The molecule has 6 heteroatoms. The van der Waals surface area contributed by atoms with Gasteiger partial charge in [-0.25, -0.2) is 0 Å². The maximum Gasteiger partial charge on any atom is 0.318 e. The summed E-state index contributed by atoms with van der Waals surface area (Å²) < 4.78 is 5.70. The molecule has 2 saturated heterocycles. The van der Waals surface area contributed by atoms with Crippen LogP contribution in [0.25, 0.3) is 0 Å². The van der Waals surface area contributed by atoms with Crippen molar-refractivity contribution in [3.8, 4) is 0 Å². The molecule has 2 aliphatic rings. The molecule has 0 unspecified atom stereocenters. The van der Waals surface area contributed by atoms with Crippen LogP contribution < -0.4 is 4.90 Å². The third kappa shape index (κ3) is 2.64. The minimum Gasteiger partial charge on any atom is -0.408 e. The zero-order valence-electron chi connectivity index (χ0n) is 12.0. The molecule has 0 spiro atoms. The highest BCUT2D eigenvalue weighted by molar-refractivity contribution is 5.78. The van der Waals surface area contributed by atoms with Gasteiger partial charge in [0.15, 0.2) is 0 Å². The van der Waals surface area contributed by atoms with E-state index in [9.17, 15) is 4.79 Å². The Morgan fingerprint density at radius 2 is 2.20 bits per heavy atom. The quantitative estimate of drug-likeness (QED) is 0.837.